The topological polar surface area (TPSA) is 64.4 Å². The van der Waals surface area contributed by atoms with E-state index in [1.54, 1.807) is 6.20 Å². The smallest absolute Gasteiger partial charge is 0.126 e. The Morgan fingerprint density at radius 2 is 1.43 bits per heavy atom. The highest BCUT2D eigenvalue weighted by Gasteiger charge is 2.16. The van der Waals surface area contributed by atoms with Crippen LogP contribution in [0, 0.1) is 0 Å². The van der Waals surface area contributed by atoms with Crippen molar-refractivity contribution in [1.82, 2.24) is 0 Å². The highest BCUT2D eigenvalue weighted by atomic mass is 14.9. The maximum absolute atomic E-state index is 6.52. The molecule has 240 valence electrons. The first kappa shape index (κ1) is 31.7. The molecule has 0 fully saturated rings. The summed E-state index contributed by atoms with van der Waals surface area (Å²) in [7, 11) is 0. The van der Waals surface area contributed by atoms with Gasteiger partial charge in [-0.05, 0) is 105 Å². The molecular formula is C46H41N3. The lowest BCUT2D eigenvalue weighted by molar-refractivity contribution is 0.723. The first-order valence-corrected chi connectivity index (χ1v) is 17.1. The molecule has 1 unspecified atom stereocenters. The third-order valence-corrected chi connectivity index (χ3v) is 9.46. The van der Waals surface area contributed by atoms with Gasteiger partial charge in [0.1, 0.15) is 5.84 Å². The van der Waals surface area contributed by atoms with Crippen LogP contribution < -0.4 is 11.5 Å². The number of benzene rings is 5. The predicted molar refractivity (Wildman–Crippen MR) is 208 cm³/mol. The summed E-state index contributed by atoms with van der Waals surface area (Å²) in [6.07, 6.45) is 18.3. The van der Waals surface area contributed by atoms with Crippen LogP contribution in [0.2, 0.25) is 0 Å². The van der Waals surface area contributed by atoms with E-state index in [2.05, 4.69) is 121 Å². The number of rotatable bonds is 9. The van der Waals surface area contributed by atoms with Crippen LogP contribution in [0.3, 0.4) is 0 Å². The summed E-state index contributed by atoms with van der Waals surface area (Å²) in [6, 6.07) is 45.1. The van der Waals surface area contributed by atoms with Gasteiger partial charge in [0.25, 0.3) is 0 Å². The Morgan fingerprint density at radius 3 is 2.14 bits per heavy atom. The van der Waals surface area contributed by atoms with Gasteiger partial charge in [-0.1, -0.05) is 152 Å². The van der Waals surface area contributed by atoms with E-state index < -0.39 is 0 Å². The monoisotopic (exact) mass is 635 g/mol. The van der Waals surface area contributed by atoms with Gasteiger partial charge in [-0.25, -0.2) is 0 Å². The molecule has 0 amide bonds. The molecule has 3 heteroatoms. The van der Waals surface area contributed by atoms with Crippen molar-refractivity contribution in [2.75, 3.05) is 0 Å². The molecule has 5 aromatic rings. The Balaban J connectivity index is 1.13. The maximum atomic E-state index is 6.52. The number of aryl methyl sites for hydroxylation is 1. The Morgan fingerprint density at radius 1 is 0.714 bits per heavy atom. The highest BCUT2D eigenvalue weighted by Crippen LogP contribution is 2.35. The van der Waals surface area contributed by atoms with Crippen LogP contribution in [-0.2, 0) is 12.8 Å². The summed E-state index contributed by atoms with van der Waals surface area (Å²) >= 11 is 0. The van der Waals surface area contributed by atoms with Gasteiger partial charge >= 0.3 is 0 Å². The number of fused-ring (bicyclic) bond motifs is 1. The lowest BCUT2D eigenvalue weighted by Crippen LogP contribution is -2.16. The number of nitrogens with two attached hydrogens (primary N) is 2. The van der Waals surface area contributed by atoms with Gasteiger partial charge < -0.3 is 11.5 Å². The summed E-state index contributed by atoms with van der Waals surface area (Å²) in [4.78, 5) is 5.03. The fraction of sp³-hybridized carbons (Fsp3) is 0.109. The molecule has 49 heavy (non-hydrogen) atoms. The van der Waals surface area contributed by atoms with E-state index in [4.69, 9.17) is 16.5 Å². The Kier molecular flexibility index (Phi) is 9.61. The van der Waals surface area contributed by atoms with E-state index in [9.17, 15) is 0 Å². The van der Waals surface area contributed by atoms with Crippen LogP contribution in [0.25, 0.3) is 28.3 Å². The van der Waals surface area contributed by atoms with Crippen LogP contribution in [0.1, 0.15) is 57.8 Å². The molecule has 1 atom stereocenters. The second-order valence-electron chi connectivity index (χ2n) is 12.7. The fourth-order valence-electron chi connectivity index (χ4n) is 6.78. The van der Waals surface area contributed by atoms with Gasteiger partial charge in [0.2, 0.25) is 0 Å². The van der Waals surface area contributed by atoms with Gasteiger partial charge in [0.05, 0.1) is 6.04 Å². The minimum absolute atomic E-state index is 0.0822. The summed E-state index contributed by atoms with van der Waals surface area (Å²) in [5.41, 5.74) is 27.0. The van der Waals surface area contributed by atoms with Crippen molar-refractivity contribution in [1.29, 1.82) is 0 Å². The standard InChI is InChI=1S/C46H41N3/c47-29-28-44(37-12-6-2-7-13-37)38-22-16-34(17-23-38)41-26-20-36-21-27-42(32-43(36)31-41)35-18-24-39(25-19-35)45(30-33-10-4-1-5-11-33)49-46(48)40-14-8-3-9-15-40/h1-12,14-20,22-26,28-29,31-32,45H,13,21,27,30,47H2,(H2,48,49)/b29-28-,44-37+. The minimum atomic E-state index is -0.0822. The van der Waals surface area contributed by atoms with Crippen LogP contribution in [0.4, 0.5) is 0 Å². The maximum Gasteiger partial charge on any atom is 0.126 e. The van der Waals surface area contributed by atoms with E-state index >= 15 is 0 Å². The number of amidine groups is 1. The zero-order valence-electron chi connectivity index (χ0n) is 27.7. The molecule has 2 aliphatic rings. The molecule has 0 radical (unpaired) electrons. The summed E-state index contributed by atoms with van der Waals surface area (Å²) < 4.78 is 0. The van der Waals surface area contributed by atoms with Gasteiger partial charge in [0.15, 0.2) is 0 Å². The number of aliphatic imine (C=N–C) groups is 1. The van der Waals surface area contributed by atoms with E-state index in [1.807, 2.05) is 42.5 Å². The summed E-state index contributed by atoms with van der Waals surface area (Å²) in [5.74, 6) is 0.561. The quantitative estimate of drug-likeness (QED) is 0.125. The lowest BCUT2D eigenvalue weighted by atomic mass is 9.86. The third-order valence-electron chi connectivity index (χ3n) is 9.46. The van der Waals surface area contributed by atoms with Crippen molar-refractivity contribution < 1.29 is 0 Å². The molecule has 0 bridgehead atoms. The van der Waals surface area contributed by atoms with Gasteiger partial charge in [-0.3, -0.25) is 4.99 Å². The Labute approximate surface area is 290 Å². The number of hydrogen-bond donors (Lipinski definition) is 2. The molecule has 4 N–H and O–H groups in total. The van der Waals surface area contributed by atoms with Crippen LogP contribution in [0.15, 0.2) is 175 Å². The average molecular weight is 636 g/mol. The molecule has 0 aliphatic heterocycles. The van der Waals surface area contributed by atoms with Crippen molar-refractivity contribution in [2.45, 2.75) is 31.7 Å². The molecule has 0 heterocycles. The fourth-order valence-corrected chi connectivity index (χ4v) is 6.78. The van der Waals surface area contributed by atoms with E-state index in [0.717, 1.165) is 42.4 Å². The van der Waals surface area contributed by atoms with Crippen LogP contribution in [0.5, 0.6) is 0 Å². The second-order valence-corrected chi connectivity index (χ2v) is 12.7. The van der Waals surface area contributed by atoms with Crippen LogP contribution in [-0.4, -0.2) is 5.84 Å². The molecule has 0 spiro atoms. The molecule has 2 aliphatic carbocycles. The van der Waals surface area contributed by atoms with E-state index in [1.165, 1.54) is 50.1 Å². The SMILES string of the molecule is N/C=C\C(=C1\C=CC=CC1)c1ccc(-c2ccc3c(c2)C=C(c2ccc(C(Cc4ccccc4)N=C(N)c4ccccc4)cc2)CC3)cc1. The van der Waals surface area contributed by atoms with Crippen molar-refractivity contribution >= 4 is 23.1 Å². The van der Waals surface area contributed by atoms with E-state index in [-0.39, 0.29) is 6.04 Å². The number of allylic oxidation sites excluding steroid dienone is 8. The summed E-state index contributed by atoms with van der Waals surface area (Å²) in [6.45, 7) is 0. The summed E-state index contributed by atoms with van der Waals surface area (Å²) in [5, 5.41) is 0. The van der Waals surface area contributed by atoms with E-state index in [0.29, 0.717) is 5.84 Å². The minimum Gasteiger partial charge on any atom is -0.405 e. The normalized spacial score (nSPS) is 15.9. The van der Waals surface area contributed by atoms with Gasteiger partial charge in [-0.15, -0.1) is 0 Å². The molecular weight excluding hydrogens is 595 g/mol. The molecule has 7 rings (SSSR count). The van der Waals surface area contributed by atoms with Gasteiger partial charge in [-0.2, -0.15) is 0 Å². The van der Waals surface area contributed by atoms with Crippen molar-refractivity contribution in [3.63, 3.8) is 0 Å². The number of hydrogen-bond acceptors (Lipinski definition) is 2. The largest absolute Gasteiger partial charge is 0.405 e. The molecule has 5 aromatic carbocycles. The number of nitrogens with zero attached hydrogens (tertiary/aromatic N) is 1. The molecule has 0 aromatic heterocycles. The first-order chi connectivity index (χ1) is 24.1. The van der Waals surface area contributed by atoms with Crippen molar-refractivity contribution in [2.24, 2.45) is 16.5 Å². The lowest BCUT2D eigenvalue weighted by Gasteiger charge is -2.19. The molecule has 0 saturated carbocycles. The average Bonchev–Trinajstić information content (AvgIpc) is 3.17. The molecule has 0 saturated heterocycles. The van der Waals surface area contributed by atoms with Crippen LogP contribution >= 0.6 is 0 Å². The third kappa shape index (κ3) is 7.47. The van der Waals surface area contributed by atoms with Crippen molar-refractivity contribution in [3.8, 4) is 11.1 Å². The molecule has 3 nitrogen and oxygen atoms in total. The first-order valence-electron chi connectivity index (χ1n) is 17.1. The Bertz CT molecular complexity index is 2090. The predicted octanol–water partition coefficient (Wildman–Crippen LogP) is 10.3. The highest BCUT2D eigenvalue weighted by molar-refractivity contribution is 5.97. The Hall–Kier alpha value is -5.93. The van der Waals surface area contributed by atoms with Crippen molar-refractivity contribution in [3.05, 3.63) is 208 Å². The van der Waals surface area contributed by atoms with Gasteiger partial charge in [0, 0.05) is 5.56 Å². The second kappa shape index (κ2) is 14.9. The zero-order chi connectivity index (χ0) is 33.4. The zero-order valence-corrected chi connectivity index (χ0v) is 27.7.